The van der Waals surface area contributed by atoms with Crippen LogP contribution in [-0.4, -0.2) is 43.1 Å². The summed E-state index contributed by atoms with van der Waals surface area (Å²) in [4.78, 5) is 12.9. The van der Waals surface area contributed by atoms with Gasteiger partial charge in [-0.3, -0.25) is 4.79 Å². The molecule has 5 nitrogen and oxygen atoms in total. The van der Waals surface area contributed by atoms with E-state index in [1.165, 1.54) is 12.1 Å². The van der Waals surface area contributed by atoms with Crippen molar-refractivity contribution in [3.05, 3.63) is 23.8 Å². The highest BCUT2D eigenvalue weighted by Crippen LogP contribution is 2.40. The molecular formula is C17H23F3N2O3. The van der Waals surface area contributed by atoms with Crippen molar-refractivity contribution >= 4 is 17.3 Å². The van der Waals surface area contributed by atoms with Crippen molar-refractivity contribution in [1.82, 2.24) is 0 Å². The molecule has 2 rings (SSSR count). The number of rotatable bonds is 6. The molecule has 0 saturated carbocycles. The lowest BCUT2D eigenvalue weighted by atomic mass is 9.94. The Labute approximate surface area is 144 Å². The normalized spacial score (nSPS) is 17.3. The monoisotopic (exact) mass is 360 g/mol. The fourth-order valence-electron chi connectivity index (χ4n) is 3.27. The summed E-state index contributed by atoms with van der Waals surface area (Å²) >= 11 is 0. The standard InChI is InChI=1S/C17H23F3N2O3/c1-2-22(12-5-7-25-8-6-12)15-4-3-11(9-14(15)21)13(10-16(23)24)17(18,19)20/h3-4,9,12-13H,2,5-8,10,21H2,1H3,(H,23,24). The van der Waals surface area contributed by atoms with Gasteiger partial charge in [0.1, 0.15) is 0 Å². The minimum atomic E-state index is -4.64. The molecule has 3 N–H and O–H groups in total. The Kier molecular flexibility index (Phi) is 6.16. The Balaban J connectivity index is 2.30. The number of hydrogen-bond donors (Lipinski definition) is 2. The average Bonchev–Trinajstić information content (AvgIpc) is 2.54. The van der Waals surface area contributed by atoms with Crippen molar-refractivity contribution in [2.45, 2.75) is 44.3 Å². The molecule has 0 aromatic heterocycles. The molecule has 1 atom stereocenters. The second kappa shape index (κ2) is 7.95. The molecule has 0 spiro atoms. The number of nitrogens with two attached hydrogens (primary N) is 1. The molecule has 1 aliphatic rings. The van der Waals surface area contributed by atoms with Crippen LogP contribution in [0.4, 0.5) is 24.5 Å². The van der Waals surface area contributed by atoms with Crippen LogP contribution < -0.4 is 10.6 Å². The molecule has 1 unspecified atom stereocenters. The van der Waals surface area contributed by atoms with E-state index in [1.54, 1.807) is 6.07 Å². The summed E-state index contributed by atoms with van der Waals surface area (Å²) < 4.78 is 44.9. The number of nitrogen functional groups attached to an aromatic ring is 1. The van der Waals surface area contributed by atoms with Gasteiger partial charge < -0.3 is 20.5 Å². The van der Waals surface area contributed by atoms with Gasteiger partial charge in [-0.2, -0.15) is 13.2 Å². The molecule has 0 amide bonds. The van der Waals surface area contributed by atoms with E-state index in [-0.39, 0.29) is 17.3 Å². The van der Waals surface area contributed by atoms with Crippen LogP contribution in [0.25, 0.3) is 0 Å². The second-order valence-corrected chi connectivity index (χ2v) is 6.14. The highest BCUT2D eigenvalue weighted by molar-refractivity contribution is 5.71. The van der Waals surface area contributed by atoms with E-state index in [9.17, 15) is 18.0 Å². The van der Waals surface area contributed by atoms with E-state index in [0.29, 0.717) is 25.4 Å². The first-order valence-corrected chi connectivity index (χ1v) is 8.26. The van der Waals surface area contributed by atoms with E-state index >= 15 is 0 Å². The third kappa shape index (κ3) is 4.78. The fraction of sp³-hybridized carbons (Fsp3) is 0.588. The number of alkyl halides is 3. The van der Waals surface area contributed by atoms with Gasteiger partial charge in [0.2, 0.25) is 0 Å². The van der Waals surface area contributed by atoms with Crippen molar-refractivity contribution in [3.8, 4) is 0 Å². The van der Waals surface area contributed by atoms with Gasteiger partial charge in [0, 0.05) is 25.8 Å². The number of halogens is 3. The first kappa shape index (κ1) is 19.4. The number of carboxylic acids is 1. The third-order valence-electron chi connectivity index (χ3n) is 4.51. The molecular weight excluding hydrogens is 337 g/mol. The van der Waals surface area contributed by atoms with Crippen LogP contribution in [0, 0.1) is 0 Å². The van der Waals surface area contributed by atoms with Crippen LogP contribution in [0.1, 0.15) is 37.7 Å². The van der Waals surface area contributed by atoms with Crippen LogP contribution in [0.3, 0.4) is 0 Å². The van der Waals surface area contributed by atoms with Crippen LogP contribution in [0.2, 0.25) is 0 Å². The SMILES string of the molecule is CCN(c1ccc(C(CC(=O)O)C(F)(F)F)cc1N)C1CCOCC1. The summed E-state index contributed by atoms with van der Waals surface area (Å²) in [6, 6.07) is 4.36. The number of aliphatic carboxylic acids is 1. The Morgan fingerprint density at radius 3 is 2.52 bits per heavy atom. The van der Waals surface area contributed by atoms with E-state index in [2.05, 4.69) is 4.90 Å². The molecule has 0 bridgehead atoms. The molecule has 1 heterocycles. The van der Waals surface area contributed by atoms with E-state index < -0.39 is 24.5 Å². The van der Waals surface area contributed by atoms with Crippen LogP contribution in [0.15, 0.2) is 18.2 Å². The van der Waals surface area contributed by atoms with Gasteiger partial charge >= 0.3 is 12.1 Å². The molecule has 1 aromatic carbocycles. The van der Waals surface area contributed by atoms with Gasteiger partial charge in [-0.25, -0.2) is 0 Å². The maximum Gasteiger partial charge on any atom is 0.396 e. The van der Waals surface area contributed by atoms with Crippen molar-refractivity contribution < 1.29 is 27.8 Å². The van der Waals surface area contributed by atoms with Crippen molar-refractivity contribution in [3.63, 3.8) is 0 Å². The highest BCUT2D eigenvalue weighted by atomic mass is 19.4. The molecule has 140 valence electrons. The van der Waals surface area contributed by atoms with Gasteiger partial charge in [0.15, 0.2) is 0 Å². The minimum Gasteiger partial charge on any atom is -0.481 e. The summed E-state index contributed by atoms with van der Waals surface area (Å²) in [6.07, 6.45) is -3.99. The van der Waals surface area contributed by atoms with Crippen molar-refractivity contribution in [2.75, 3.05) is 30.4 Å². The summed E-state index contributed by atoms with van der Waals surface area (Å²) in [5.41, 5.74) is 6.81. The fourth-order valence-corrected chi connectivity index (χ4v) is 3.27. The summed E-state index contributed by atoms with van der Waals surface area (Å²) in [6.45, 7) is 3.93. The highest BCUT2D eigenvalue weighted by Gasteiger charge is 2.42. The van der Waals surface area contributed by atoms with Gasteiger partial charge in [0.05, 0.1) is 23.7 Å². The lowest BCUT2D eigenvalue weighted by Gasteiger charge is -2.36. The van der Waals surface area contributed by atoms with Crippen LogP contribution >= 0.6 is 0 Å². The Hall–Kier alpha value is -1.96. The Morgan fingerprint density at radius 2 is 2.04 bits per heavy atom. The van der Waals surface area contributed by atoms with E-state index in [1.807, 2.05) is 6.92 Å². The predicted molar refractivity (Wildman–Crippen MR) is 88.8 cm³/mol. The van der Waals surface area contributed by atoms with E-state index in [4.69, 9.17) is 15.6 Å². The zero-order valence-electron chi connectivity index (χ0n) is 14.1. The maximum atomic E-state index is 13.2. The minimum absolute atomic E-state index is 0.126. The quantitative estimate of drug-likeness (QED) is 0.761. The van der Waals surface area contributed by atoms with Gasteiger partial charge in [-0.15, -0.1) is 0 Å². The van der Waals surface area contributed by atoms with Gasteiger partial charge in [-0.1, -0.05) is 6.07 Å². The van der Waals surface area contributed by atoms with E-state index in [0.717, 1.165) is 12.8 Å². The van der Waals surface area contributed by atoms with Crippen molar-refractivity contribution in [1.29, 1.82) is 0 Å². The topological polar surface area (TPSA) is 75.8 Å². The zero-order chi connectivity index (χ0) is 18.6. The molecule has 25 heavy (non-hydrogen) atoms. The number of nitrogens with zero attached hydrogens (tertiary/aromatic N) is 1. The first-order chi connectivity index (χ1) is 11.7. The molecule has 1 saturated heterocycles. The molecule has 1 fully saturated rings. The second-order valence-electron chi connectivity index (χ2n) is 6.14. The number of ether oxygens (including phenoxy) is 1. The Bertz CT molecular complexity index is 601. The average molecular weight is 360 g/mol. The number of carboxylic acid groups (broad SMARTS) is 1. The zero-order valence-corrected chi connectivity index (χ0v) is 14.1. The lowest BCUT2D eigenvalue weighted by Crippen LogP contribution is -2.39. The summed E-state index contributed by atoms with van der Waals surface area (Å²) in [7, 11) is 0. The molecule has 0 aliphatic carbocycles. The molecule has 8 heteroatoms. The summed E-state index contributed by atoms with van der Waals surface area (Å²) in [5.74, 6) is -3.57. The maximum absolute atomic E-state index is 13.2. The van der Waals surface area contributed by atoms with Crippen LogP contribution in [0.5, 0.6) is 0 Å². The number of hydrogen-bond acceptors (Lipinski definition) is 4. The third-order valence-corrected chi connectivity index (χ3v) is 4.51. The predicted octanol–water partition coefficient (Wildman–Crippen LogP) is 3.39. The molecule has 0 radical (unpaired) electrons. The first-order valence-electron chi connectivity index (χ1n) is 8.26. The van der Waals surface area contributed by atoms with Gasteiger partial charge in [-0.05, 0) is 37.5 Å². The number of carbonyl (C=O) groups is 1. The molecule has 1 aliphatic heterocycles. The summed E-state index contributed by atoms with van der Waals surface area (Å²) in [5, 5.41) is 8.78. The van der Waals surface area contributed by atoms with Crippen molar-refractivity contribution in [2.24, 2.45) is 0 Å². The molecule has 1 aromatic rings. The smallest absolute Gasteiger partial charge is 0.396 e. The van der Waals surface area contributed by atoms with Crippen LogP contribution in [-0.2, 0) is 9.53 Å². The number of anilines is 2. The number of benzene rings is 1. The van der Waals surface area contributed by atoms with Gasteiger partial charge in [0.25, 0.3) is 0 Å². The lowest BCUT2D eigenvalue weighted by molar-refractivity contribution is -0.163. The largest absolute Gasteiger partial charge is 0.481 e. The Morgan fingerprint density at radius 1 is 1.40 bits per heavy atom.